The van der Waals surface area contributed by atoms with Gasteiger partial charge in [0.2, 0.25) is 0 Å². The molecule has 0 spiro atoms. The van der Waals surface area contributed by atoms with Gasteiger partial charge < -0.3 is 4.74 Å². The third kappa shape index (κ3) is 2.19. The summed E-state index contributed by atoms with van der Waals surface area (Å²) < 4.78 is 5.71. The number of rotatable bonds is 5. The molecule has 1 radical (unpaired) electrons. The average Bonchev–Trinajstić information content (AvgIpc) is 1.95. The van der Waals surface area contributed by atoms with Gasteiger partial charge in [0.25, 0.3) is 0 Å². The van der Waals surface area contributed by atoms with Crippen molar-refractivity contribution < 1.29 is 4.74 Å². The second-order valence-electron chi connectivity index (χ2n) is 3.34. The Bertz CT molecular complexity index is 105. The fourth-order valence-corrected chi connectivity index (χ4v) is 1.63. The number of hydrogen-bond acceptors (Lipinski definition) is 1. The molecule has 1 nitrogen and oxygen atoms in total. The van der Waals surface area contributed by atoms with Gasteiger partial charge in [-0.3, -0.25) is 0 Å². The Morgan fingerprint density at radius 1 is 1.36 bits per heavy atom. The smallest absolute Gasteiger partial charge is 0.0714 e. The summed E-state index contributed by atoms with van der Waals surface area (Å²) in [5.41, 5.74) is 0.199. The standard InChI is InChI=1S/C10H19O/c1-3-5-7-10(11-4-2)8-6-9-10/h7H,3-6,8-9H2,1-2H3. The Kier molecular flexibility index (Phi) is 3.38. The van der Waals surface area contributed by atoms with E-state index in [1.165, 1.54) is 32.1 Å². The molecule has 0 aromatic carbocycles. The van der Waals surface area contributed by atoms with E-state index < -0.39 is 0 Å². The zero-order valence-corrected chi connectivity index (χ0v) is 7.73. The Labute approximate surface area is 70.1 Å². The molecule has 0 N–H and O–H groups in total. The normalized spacial score (nSPS) is 21.3. The lowest BCUT2D eigenvalue weighted by Gasteiger charge is -2.41. The van der Waals surface area contributed by atoms with E-state index >= 15 is 0 Å². The largest absolute Gasteiger partial charge is 0.375 e. The summed E-state index contributed by atoms with van der Waals surface area (Å²) in [6.07, 6.45) is 8.68. The van der Waals surface area contributed by atoms with Crippen molar-refractivity contribution in [1.29, 1.82) is 0 Å². The summed E-state index contributed by atoms with van der Waals surface area (Å²) in [7, 11) is 0. The first-order valence-corrected chi connectivity index (χ1v) is 4.81. The van der Waals surface area contributed by atoms with E-state index in [1.54, 1.807) is 0 Å². The van der Waals surface area contributed by atoms with E-state index in [1.807, 2.05) is 0 Å². The topological polar surface area (TPSA) is 9.23 Å². The van der Waals surface area contributed by atoms with Gasteiger partial charge in [-0.15, -0.1) is 0 Å². The van der Waals surface area contributed by atoms with Crippen molar-refractivity contribution in [1.82, 2.24) is 0 Å². The minimum Gasteiger partial charge on any atom is -0.375 e. The molecule has 0 unspecified atom stereocenters. The van der Waals surface area contributed by atoms with Crippen LogP contribution in [0.15, 0.2) is 0 Å². The van der Waals surface area contributed by atoms with Crippen LogP contribution in [0.2, 0.25) is 0 Å². The van der Waals surface area contributed by atoms with Crippen molar-refractivity contribution in [2.24, 2.45) is 0 Å². The predicted octanol–water partition coefficient (Wildman–Crippen LogP) is 2.95. The highest BCUT2D eigenvalue weighted by Crippen LogP contribution is 2.38. The lowest BCUT2D eigenvalue weighted by atomic mass is 9.76. The summed E-state index contributed by atoms with van der Waals surface area (Å²) in [4.78, 5) is 0. The van der Waals surface area contributed by atoms with Gasteiger partial charge in [0.1, 0.15) is 0 Å². The predicted molar refractivity (Wildman–Crippen MR) is 47.4 cm³/mol. The number of unbranched alkanes of at least 4 members (excludes halogenated alkanes) is 1. The fourth-order valence-electron chi connectivity index (χ4n) is 1.63. The molecule has 1 saturated carbocycles. The minimum absolute atomic E-state index is 0.199. The molecule has 0 amide bonds. The molecule has 1 heteroatoms. The third-order valence-corrected chi connectivity index (χ3v) is 2.44. The van der Waals surface area contributed by atoms with E-state index in [9.17, 15) is 0 Å². The van der Waals surface area contributed by atoms with E-state index in [0.29, 0.717) is 0 Å². The highest BCUT2D eigenvalue weighted by Gasteiger charge is 2.36. The molecular weight excluding hydrogens is 136 g/mol. The fraction of sp³-hybridized carbons (Fsp3) is 0.900. The van der Waals surface area contributed by atoms with Crippen LogP contribution in [-0.2, 0) is 4.74 Å². The second-order valence-corrected chi connectivity index (χ2v) is 3.34. The molecule has 1 aliphatic carbocycles. The van der Waals surface area contributed by atoms with Crippen molar-refractivity contribution in [2.75, 3.05) is 6.61 Å². The van der Waals surface area contributed by atoms with Crippen molar-refractivity contribution >= 4 is 0 Å². The van der Waals surface area contributed by atoms with Gasteiger partial charge in [-0.25, -0.2) is 0 Å². The zero-order chi connectivity index (χ0) is 8.16. The molecule has 0 aromatic heterocycles. The van der Waals surface area contributed by atoms with Crippen LogP contribution >= 0.6 is 0 Å². The highest BCUT2D eigenvalue weighted by atomic mass is 16.5. The number of ether oxygens (including phenoxy) is 1. The molecule has 0 saturated heterocycles. The van der Waals surface area contributed by atoms with Crippen LogP contribution in [0.3, 0.4) is 0 Å². The van der Waals surface area contributed by atoms with Gasteiger partial charge in [-0.1, -0.05) is 13.3 Å². The summed E-state index contributed by atoms with van der Waals surface area (Å²) in [5, 5.41) is 0. The van der Waals surface area contributed by atoms with Crippen LogP contribution in [0.4, 0.5) is 0 Å². The van der Waals surface area contributed by atoms with Crippen molar-refractivity contribution in [3.63, 3.8) is 0 Å². The molecule has 0 atom stereocenters. The van der Waals surface area contributed by atoms with Crippen LogP contribution in [0.1, 0.15) is 46.0 Å². The molecule has 0 heterocycles. The van der Waals surface area contributed by atoms with Gasteiger partial charge in [0, 0.05) is 6.61 Å². The Hall–Kier alpha value is -0.0400. The number of hydrogen-bond donors (Lipinski definition) is 0. The molecule has 0 aliphatic heterocycles. The van der Waals surface area contributed by atoms with E-state index in [4.69, 9.17) is 4.74 Å². The Morgan fingerprint density at radius 2 is 2.09 bits per heavy atom. The van der Waals surface area contributed by atoms with Gasteiger partial charge in [0.15, 0.2) is 0 Å². The lowest BCUT2D eigenvalue weighted by molar-refractivity contribution is -0.0708. The second kappa shape index (κ2) is 4.10. The first kappa shape index (κ1) is 9.05. The molecule has 1 fully saturated rings. The molecule has 1 aliphatic rings. The van der Waals surface area contributed by atoms with Crippen LogP contribution < -0.4 is 0 Å². The van der Waals surface area contributed by atoms with Gasteiger partial charge >= 0.3 is 0 Å². The van der Waals surface area contributed by atoms with Crippen LogP contribution in [-0.4, -0.2) is 12.2 Å². The van der Waals surface area contributed by atoms with Crippen LogP contribution in [0.25, 0.3) is 0 Å². The van der Waals surface area contributed by atoms with E-state index in [2.05, 4.69) is 20.3 Å². The van der Waals surface area contributed by atoms with E-state index in [0.717, 1.165) is 6.61 Å². The maximum absolute atomic E-state index is 5.71. The average molecular weight is 155 g/mol. The molecule has 11 heavy (non-hydrogen) atoms. The van der Waals surface area contributed by atoms with E-state index in [-0.39, 0.29) is 5.60 Å². The molecule has 1 rings (SSSR count). The zero-order valence-electron chi connectivity index (χ0n) is 7.73. The SMILES string of the molecule is CCC[CH]C1(OCC)CCC1. The third-order valence-electron chi connectivity index (χ3n) is 2.44. The monoisotopic (exact) mass is 155 g/mol. The van der Waals surface area contributed by atoms with Gasteiger partial charge in [-0.05, 0) is 39.0 Å². The summed E-state index contributed by atoms with van der Waals surface area (Å²) in [5.74, 6) is 0. The van der Waals surface area contributed by atoms with Gasteiger partial charge in [0.05, 0.1) is 5.60 Å². The lowest BCUT2D eigenvalue weighted by Crippen LogP contribution is -2.40. The summed E-state index contributed by atoms with van der Waals surface area (Å²) >= 11 is 0. The van der Waals surface area contributed by atoms with Crippen molar-refractivity contribution in [3.05, 3.63) is 6.42 Å². The minimum atomic E-state index is 0.199. The van der Waals surface area contributed by atoms with Crippen molar-refractivity contribution in [3.8, 4) is 0 Å². The summed E-state index contributed by atoms with van der Waals surface area (Å²) in [6, 6.07) is 0. The first-order chi connectivity index (χ1) is 5.33. The van der Waals surface area contributed by atoms with Crippen LogP contribution in [0.5, 0.6) is 0 Å². The van der Waals surface area contributed by atoms with Crippen LogP contribution in [0, 0.1) is 6.42 Å². The molecule has 0 aromatic rings. The first-order valence-electron chi connectivity index (χ1n) is 4.81. The molecule has 0 bridgehead atoms. The quantitative estimate of drug-likeness (QED) is 0.593. The van der Waals surface area contributed by atoms with Crippen molar-refractivity contribution in [2.45, 2.75) is 51.6 Å². The Balaban J connectivity index is 2.22. The maximum Gasteiger partial charge on any atom is 0.0714 e. The maximum atomic E-state index is 5.71. The summed E-state index contributed by atoms with van der Waals surface area (Å²) in [6.45, 7) is 5.16. The molecular formula is C10H19O. The molecule has 65 valence electrons. The Morgan fingerprint density at radius 3 is 2.45 bits per heavy atom. The highest BCUT2D eigenvalue weighted by molar-refractivity contribution is 5.00. The van der Waals surface area contributed by atoms with Gasteiger partial charge in [-0.2, -0.15) is 0 Å².